The number of nitrogens with zero attached hydrogens (tertiary/aromatic N) is 2. The van der Waals surface area contributed by atoms with Crippen LogP contribution in [-0.4, -0.2) is 22.2 Å². The van der Waals surface area contributed by atoms with E-state index in [2.05, 4.69) is 17.3 Å². The predicted molar refractivity (Wildman–Crippen MR) is 95.6 cm³/mol. The van der Waals surface area contributed by atoms with Crippen molar-refractivity contribution in [2.24, 2.45) is 0 Å². The summed E-state index contributed by atoms with van der Waals surface area (Å²) in [4.78, 5) is 12.5. The fourth-order valence-corrected chi connectivity index (χ4v) is 2.85. The molecule has 0 saturated carbocycles. The van der Waals surface area contributed by atoms with Crippen LogP contribution in [0.5, 0.6) is 0 Å². The first-order valence-corrected chi connectivity index (χ1v) is 8.40. The molecule has 1 aromatic heterocycles. The van der Waals surface area contributed by atoms with E-state index in [1.165, 1.54) is 10.2 Å². The molecule has 2 rings (SSSR count). The summed E-state index contributed by atoms with van der Waals surface area (Å²) in [5.41, 5.74) is 4.91. The van der Waals surface area contributed by atoms with Crippen LogP contribution in [0.15, 0.2) is 18.2 Å². The zero-order valence-corrected chi connectivity index (χ0v) is 15.0. The molecule has 0 aliphatic rings. The van der Waals surface area contributed by atoms with Gasteiger partial charge in [-0.3, -0.25) is 4.79 Å². The maximum absolute atomic E-state index is 12.5. The number of anilines is 1. The normalized spacial score (nSPS) is 10.8. The highest BCUT2D eigenvalue weighted by Crippen LogP contribution is 2.23. The highest BCUT2D eigenvalue weighted by Gasteiger charge is 2.16. The monoisotopic (exact) mass is 333 g/mol. The van der Waals surface area contributed by atoms with E-state index in [1.807, 2.05) is 39.0 Å². The number of halogens is 1. The van der Waals surface area contributed by atoms with Gasteiger partial charge in [-0.1, -0.05) is 31.0 Å². The van der Waals surface area contributed by atoms with Crippen LogP contribution in [0.1, 0.15) is 47.1 Å². The average Bonchev–Trinajstić information content (AvgIpc) is 2.81. The molecule has 5 heteroatoms. The smallest absolute Gasteiger partial charge is 0.266 e. The number of hydrogen-bond acceptors (Lipinski definition) is 3. The van der Waals surface area contributed by atoms with Crippen LogP contribution in [0.3, 0.4) is 0 Å². The number of carbonyl (C=O) groups excluding carboxylic acids is 1. The van der Waals surface area contributed by atoms with Gasteiger partial charge in [0.15, 0.2) is 0 Å². The molecule has 0 spiro atoms. The topological polar surface area (TPSA) is 46.9 Å². The van der Waals surface area contributed by atoms with Crippen molar-refractivity contribution in [2.75, 3.05) is 11.9 Å². The number of benzene rings is 1. The summed E-state index contributed by atoms with van der Waals surface area (Å²) in [7, 11) is 0. The molecule has 0 bridgehead atoms. The molecule has 0 aliphatic heterocycles. The molecule has 4 nitrogen and oxygen atoms in total. The largest absolute Gasteiger partial charge is 0.376 e. The van der Waals surface area contributed by atoms with Gasteiger partial charge in [0.1, 0.15) is 0 Å². The Hall–Kier alpha value is -1.81. The Labute approximate surface area is 142 Å². The molecule has 1 heterocycles. The number of carbonyl (C=O) groups is 1. The highest BCUT2D eigenvalue weighted by atomic mass is 35.5. The zero-order valence-electron chi connectivity index (χ0n) is 14.2. The lowest BCUT2D eigenvalue weighted by atomic mass is 10.1. The van der Waals surface area contributed by atoms with Gasteiger partial charge in [0.25, 0.3) is 5.91 Å². The van der Waals surface area contributed by atoms with E-state index in [0.29, 0.717) is 5.02 Å². The Bertz CT molecular complexity index is 707. The van der Waals surface area contributed by atoms with Gasteiger partial charge in [0.2, 0.25) is 0 Å². The second-order valence-corrected chi connectivity index (χ2v) is 6.23. The molecule has 0 atom stereocenters. The third kappa shape index (κ3) is 3.94. The first-order valence-electron chi connectivity index (χ1n) is 8.03. The molecule has 1 aromatic carbocycles. The van der Waals surface area contributed by atoms with E-state index in [0.717, 1.165) is 41.9 Å². The van der Waals surface area contributed by atoms with Gasteiger partial charge >= 0.3 is 0 Å². The van der Waals surface area contributed by atoms with Crippen molar-refractivity contribution < 1.29 is 4.79 Å². The minimum Gasteiger partial charge on any atom is -0.376 e. The first kappa shape index (κ1) is 17.5. The molecule has 0 unspecified atom stereocenters. The molecular weight excluding hydrogens is 310 g/mol. The van der Waals surface area contributed by atoms with Crippen molar-refractivity contribution in [2.45, 2.75) is 47.0 Å². The fraction of sp³-hybridized carbons (Fsp3) is 0.444. The molecule has 1 N–H and O–H groups in total. The Kier molecular flexibility index (Phi) is 5.83. The quantitative estimate of drug-likeness (QED) is 0.843. The van der Waals surface area contributed by atoms with Crippen LogP contribution in [0.2, 0.25) is 5.02 Å². The van der Waals surface area contributed by atoms with Gasteiger partial charge in [-0.25, -0.2) is 4.68 Å². The summed E-state index contributed by atoms with van der Waals surface area (Å²) in [6, 6.07) is 5.63. The van der Waals surface area contributed by atoms with Gasteiger partial charge in [-0.15, -0.1) is 0 Å². The fourth-order valence-electron chi connectivity index (χ4n) is 2.68. The molecule has 2 aromatic rings. The van der Waals surface area contributed by atoms with Crippen molar-refractivity contribution in [3.8, 4) is 0 Å². The number of rotatable bonds is 6. The zero-order chi connectivity index (χ0) is 17.0. The Morgan fingerprint density at radius 3 is 2.74 bits per heavy atom. The summed E-state index contributed by atoms with van der Waals surface area (Å²) in [6.45, 7) is 8.22. The Morgan fingerprint density at radius 2 is 2.04 bits per heavy atom. The van der Waals surface area contributed by atoms with Gasteiger partial charge in [-0.2, -0.15) is 5.10 Å². The minimum absolute atomic E-state index is 0.0623. The van der Waals surface area contributed by atoms with Crippen LogP contribution in [0.4, 0.5) is 5.69 Å². The lowest BCUT2D eigenvalue weighted by Gasteiger charge is -2.10. The lowest BCUT2D eigenvalue weighted by molar-refractivity contribution is 0.0910. The van der Waals surface area contributed by atoms with Crippen LogP contribution in [-0.2, 0) is 6.42 Å². The summed E-state index contributed by atoms with van der Waals surface area (Å²) in [5, 5.41) is 8.26. The maximum Gasteiger partial charge on any atom is 0.266 e. The second-order valence-electron chi connectivity index (χ2n) is 5.82. The molecule has 0 aliphatic carbocycles. The van der Waals surface area contributed by atoms with Crippen molar-refractivity contribution in [3.05, 3.63) is 45.7 Å². The first-order chi connectivity index (χ1) is 11.0. The van der Waals surface area contributed by atoms with E-state index in [4.69, 9.17) is 11.6 Å². The SMILES string of the molecule is CCCCc1c(C)nn(C(=O)CNc2cccc(Cl)c2C)c1C. The molecule has 0 radical (unpaired) electrons. The maximum atomic E-state index is 12.5. The Morgan fingerprint density at radius 1 is 1.30 bits per heavy atom. The third-order valence-corrected chi connectivity index (χ3v) is 4.56. The summed E-state index contributed by atoms with van der Waals surface area (Å²) < 4.78 is 1.52. The summed E-state index contributed by atoms with van der Waals surface area (Å²) in [5.74, 6) is -0.0623. The molecule has 0 fully saturated rings. The van der Waals surface area contributed by atoms with Crippen molar-refractivity contribution >= 4 is 23.2 Å². The predicted octanol–water partition coefficient (Wildman–Crippen LogP) is 4.56. The number of hydrogen-bond donors (Lipinski definition) is 1. The van der Waals surface area contributed by atoms with Crippen LogP contribution in [0.25, 0.3) is 0 Å². The van der Waals surface area contributed by atoms with Crippen molar-refractivity contribution in [1.82, 2.24) is 9.78 Å². The van der Waals surface area contributed by atoms with Crippen LogP contribution in [0, 0.1) is 20.8 Å². The van der Waals surface area contributed by atoms with Gasteiger partial charge in [-0.05, 0) is 56.9 Å². The van der Waals surface area contributed by atoms with Gasteiger partial charge in [0, 0.05) is 16.4 Å². The Balaban J connectivity index is 2.11. The van der Waals surface area contributed by atoms with E-state index in [1.54, 1.807) is 0 Å². The van der Waals surface area contributed by atoms with E-state index in [-0.39, 0.29) is 12.5 Å². The number of aromatic nitrogens is 2. The van der Waals surface area contributed by atoms with Gasteiger partial charge in [0.05, 0.1) is 12.2 Å². The van der Waals surface area contributed by atoms with Crippen LogP contribution >= 0.6 is 11.6 Å². The number of nitrogens with one attached hydrogen (secondary N) is 1. The van der Waals surface area contributed by atoms with E-state index < -0.39 is 0 Å². The van der Waals surface area contributed by atoms with E-state index >= 15 is 0 Å². The number of unbranched alkanes of at least 4 members (excludes halogenated alkanes) is 1. The summed E-state index contributed by atoms with van der Waals surface area (Å²) >= 11 is 6.10. The highest BCUT2D eigenvalue weighted by molar-refractivity contribution is 6.31. The van der Waals surface area contributed by atoms with Gasteiger partial charge < -0.3 is 5.32 Å². The minimum atomic E-state index is -0.0623. The second kappa shape index (κ2) is 7.64. The van der Waals surface area contributed by atoms with Crippen molar-refractivity contribution in [3.63, 3.8) is 0 Å². The molecule has 124 valence electrons. The molecule has 0 amide bonds. The lowest BCUT2D eigenvalue weighted by Crippen LogP contribution is -2.23. The summed E-state index contributed by atoms with van der Waals surface area (Å²) in [6.07, 6.45) is 3.22. The standard InChI is InChI=1S/C18H24ClN3O/c1-5-6-8-15-13(3)21-22(14(15)4)18(23)11-20-17-10-7-9-16(19)12(17)2/h7,9-10,20H,5-6,8,11H2,1-4H3. The van der Waals surface area contributed by atoms with E-state index in [9.17, 15) is 4.79 Å². The van der Waals surface area contributed by atoms with Crippen molar-refractivity contribution in [1.29, 1.82) is 0 Å². The molecule has 0 saturated heterocycles. The molecule has 23 heavy (non-hydrogen) atoms. The van der Waals surface area contributed by atoms with Crippen LogP contribution < -0.4 is 5.32 Å². The number of aryl methyl sites for hydroxylation is 1. The third-order valence-electron chi connectivity index (χ3n) is 4.16. The molecular formula is C18H24ClN3O. The average molecular weight is 334 g/mol.